The topological polar surface area (TPSA) is 67.2 Å². The molecule has 0 aliphatic carbocycles. The van der Waals surface area contributed by atoms with E-state index in [1.165, 1.54) is 5.56 Å². The van der Waals surface area contributed by atoms with Crippen molar-refractivity contribution in [3.63, 3.8) is 0 Å². The Balaban J connectivity index is 1.41. The molecule has 3 aromatic carbocycles. The first-order chi connectivity index (χ1) is 17.0. The maximum absolute atomic E-state index is 13.8. The summed E-state index contributed by atoms with van der Waals surface area (Å²) in [5.41, 5.74) is 3.95. The molecule has 4 aromatic rings. The molecule has 0 bridgehead atoms. The maximum atomic E-state index is 13.8. The van der Waals surface area contributed by atoms with Crippen molar-refractivity contribution < 1.29 is 9.59 Å². The summed E-state index contributed by atoms with van der Waals surface area (Å²) in [6.07, 6.45) is 0.0751. The number of para-hydroxylation sites is 2. The normalized spacial score (nSPS) is 18.3. The molecule has 1 aliphatic rings. The molecule has 178 valence electrons. The van der Waals surface area contributed by atoms with Crippen molar-refractivity contribution in [3.8, 4) is 0 Å². The minimum atomic E-state index is -0.635. The fourth-order valence-corrected chi connectivity index (χ4v) is 4.91. The molecule has 1 N–H and O–H groups in total. The van der Waals surface area contributed by atoms with Crippen LogP contribution in [0.25, 0.3) is 11.0 Å². The van der Waals surface area contributed by atoms with Gasteiger partial charge in [0.15, 0.2) is 0 Å². The Morgan fingerprint density at radius 1 is 0.971 bits per heavy atom. The van der Waals surface area contributed by atoms with Gasteiger partial charge in [0, 0.05) is 13.1 Å². The first kappa shape index (κ1) is 22.8. The van der Waals surface area contributed by atoms with E-state index < -0.39 is 6.04 Å². The van der Waals surface area contributed by atoms with E-state index in [4.69, 9.17) is 4.98 Å². The van der Waals surface area contributed by atoms with Crippen molar-refractivity contribution in [2.24, 2.45) is 0 Å². The summed E-state index contributed by atoms with van der Waals surface area (Å²) >= 11 is 0. The molecule has 0 saturated heterocycles. The van der Waals surface area contributed by atoms with Gasteiger partial charge in [0.1, 0.15) is 11.9 Å². The zero-order valence-corrected chi connectivity index (χ0v) is 20.1. The van der Waals surface area contributed by atoms with Gasteiger partial charge in [-0.05, 0) is 36.1 Å². The van der Waals surface area contributed by atoms with Crippen molar-refractivity contribution in [3.05, 3.63) is 102 Å². The van der Waals surface area contributed by atoms with Gasteiger partial charge >= 0.3 is 0 Å². The third kappa shape index (κ3) is 4.56. The van der Waals surface area contributed by atoms with Gasteiger partial charge in [-0.3, -0.25) is 9.59 Å². The summed E-state index contributed by atoms with van der Waals surface area (Å²) in [6.45, 7) is 5.10. The van der Waals surface area contributed by atoms with E-state index >= 15 is 0 Å². The van der Waals surface area contributed by atoms with Crippen LogP contribution in [-0.4, -0.2) is 32.8 Å². The molecule has 2 amide bonds. The SMILES string of the molecule is C[C@H](CNC(=O)C[C@@H]1C(=O)N(Cc2ccccc2)[C@@H](C)c2nc3ccccc3n21)c1ccccc1. The van der Waals surface area contributed by atoms with Crippen molar-refractivity contribution in [1.82, 2.24) is 19.8 Å². The number of nitrogens with one attached hydrogen (secondary N) is 1. The van der Waals surface area contributed by atoms with Crippen LogP contribution in [0.1, 0.15) is 55.2 Å². The second kappa shape index (κ2) is 9.74. The van der Waals surface area contributed by atoms with Crippen LogP contribution >= 0.6 is 0 Å². The van der Waals surface area contributed by atoms with Crippen LogP contribution in [0, 0.1) is 0 Å². The van der Waals surface area contributed by atoms with Crippen LogP contribution in [0.15, 0.2) is 84.9 Å². The number of carbonyl (C=O) groups excluding carboxylic acids is 2. The fourth-order valence-electron chi connectivity index (χ4n) is 4.91. The number of imidazole rings is 1. The molecule has 0 spiro atoms. The first-order valence-electron chi connectivity index (χ1n) is 12.2. The molecule has 6 nitrogen and oxygen atoms in total. The lowest BCUT2D eigenvalue weighted by Crippen LogP contribution is -2.46. The van der Waals surface area contributed by atoms with Crippen LogP contribution in [0.2, 0.25) is 0 Å². The number of aromatic nitrogens is 2. The highest BCUT2D eigenvalue weighted by Gasteiger charge is 2.40. The lowest BCUT2D eigenvalue weighted by Gasteiger charge is -2.38. The summed E-state index contributed by atoms with van der Waals surface area (Å²) in [7, 11) is 0. The highest BCUT2D eigenvalue weighted by atomic mass is 16.2. The summed E-state index contributed by atoms with van der Waals surface area (Å²) < 4.78 is 1.98. The summed E-state index contributed by atoms with van der Waals surface area (Å²) in [5.74, 6) is 0.811. The van der Waals surface area contributed by atoms with Gasteiger partial charge in [-0.25, -0.2) is 4.98 Å². The minimum absolute atomic E-state index is 0.0525. The lowest BCUT2D eigenvalue weighted by atomic mass is 10.0. The molecule has 5 rings (SSSR count). The predicted octanol–water partition coefficient (Wildman–Crippen LogP) is 4.99. The van der Waals surface area contributed by atoms with Crippen molar-refractivity contribution in [1.29, 1.82) is 0 Å². The molecule has 0 fully saturated rings. The summed E-state index contributed by atoms with van der Waals surface area (Å²) in [4.78, 5) is 33.6. The minimum Gasteiger partial charge on any atom is -0.355 e. The smallest absolute Gasteiger partial charge is 0.247 e. The molecular formula is C29H30N4O2. The van der Waals surface area contributed by atoms with Gasteiger partial charge in [-0.2, -0.15) is 0 Å². The number of carbonyl (C=O) groups is 2. The number of rotatable bonds is 7. The lowest BCUT2D eigenvalue weighted by molar-refractivity contribution is -0.142. The fraction of sp³-hybridized carbons (Fsp3) is 0.276. The standard InChI is InChI=1S/C29H30N4O2/c1-20(23-13-7-4-8-14-23)18-30-27(34)17-26-29(35)32(19-22-11-5-3-6-12-22)21(2)28-31-24-15-9-10-16-25(24)33(26)28/h3-16,20-21,26H,17-19H2,1-2H3,(H,30,34)/t20-,21+,26-/m1/s1. The van der Waals surface area contributed by atoms with Gasteiger partial charge < -0.3 is 14.8 Å². The molecule has 1 aromatic heterocycles. The van der Waals surface area contributed by atoms with E-state index in [0.29, 0.717) is 13.1 Å². The third-order valence-electron chi connectivity index (χ3n) is 6.89. The molecule has 1 aliphatic heterocycles. The van der Waals surface area contributed by atoms with Gasteiger partial charge in [-0.15, -0.1) is 0 Å². The number of fused-ring (bicyclic) bond motifs is 3. The van der Waals surface area contributed by atoms with E-state index in [-0.39, 0.29) is 30.2 Å². The van der Waals surface area contributed by atoms with Gasteiger partial charge in [0.05, 0.1) is 23.5 Å². The molecule has 2 heterocycles. The Hall–Kier alpha value is -3.93. The highest BCUT2D eigenvalue weighted by molar-refractivity contribution is 5.90. The molecular weight excluding hydrogens is 436 g/mol. The summed E-state index contributed by atoms with van der Waals surface area (Å²) in [6, 6.07) is 27.1. The Morgan fingerprint density at radius 3 is 2.37 bits per heavy atom. The first-order valence-corrected chi connectivity index (χ1v) is 12.2. The van der Waals surface area contributed by atoms with Crippen molar-refractivity contribution in [2.75, 3.05) is 6.54 Å². The quantitative estimate of drug-likeness (QED) is 0.417. The second-order valence-corrected chi connectivity index (χ2v) is 9.29. The molecule has 3 atom stereocenters. The summed E-state index contributed by atoms with van der Waals surface area (Å²) in [5, 5.41) is 3.05. The van der Waals surface area contributed by atoms with Crippen LogP contribution in [0.5, 0.6) is 0 Å². The average molecular weight is 467 g/mol. The molecule has 0 unspecified atom stereocenters. The van der Waals surface area contributed by atoms with Crippen molar-refractivity contribution in [2.45, 2.75) is 44.8 Å². The number of hydrogen-bond acceptors (Lipinski definition) is 3. The Bertz CT molecular complexity index is 1330. The van der Waals surface area contributed by atoms with Crippen LogP contribution in [0.3, 0.4) is 0 Å². The third-order valence-corrected chi connectivity index (χ3v) is 6.89. The van der Waals surface area contributed by atoms with E-state index in [1.54, 1.807) is 0 Å². The predicted molar refractivity (Wildman–Crippen MR) is 137 cm³/mol. The van der Waals surface area contributed by atoms with Crippen molar-refractivity contribution >= 4 is 22.8 Å². The second-order valence-electron chi connectivity index (χ2n) is 9.29. The number of amides is 2. The molecule has 6 heteroatoms. The molecule has 0 saturated carbocycles. The van der Waals surface area contributed by atoms with Gasteiger partial charge in [-0.1, -0.05) is 79.7 Å². The number of benzene rings is 3. The maximum Gasteiger partial charge on any atom is 0.247 e. The van der Waals surface area contributed by atoms with Crippen LogP contribution in [0.4, 0.5) is 0 Å². The Labute approximate surface area is 205 Å². The largest absolute Gasteiger partial charge is 0.355 e. The molecule has 35 heavy (non-hydrogen) atoms. The van der Waals surface area contributed by atoms with E-state index in [0.717, 1.165) is 22.4 Å². The Morgan fingerprint density at radius 2 is 1.63 bits per heavy atom. The zero-order valence-electron chi connectivity index (χ0n) is 20.1. The zero-order chi connectivity index (χ0) is 24.4. The monoisotopic (exact) mass is 466 g/mol. The van der Waals surface area contributed by atoms with Crippen LogP contribution < -0.4 is 5.32 Å². The van der Waals surface area contributed by atoms with Crippen LogP contribution in [-0.2, 0) is 16.1 Å². The van der Waals surface area contributed by atoms with E-state index in [9.17, 15) is 9.59 Å². The number of nitrogens with zero attached hydrogens (tertiary/aromatic N) is 3. The Kier molecular flexibility index (Phi) is 6.36. The number of hydrogen-bond donors (Lipinski definition) is 1. The molecule has 0 radical (unpaired) electrons. The average Bonchev–Trinajstić information content (AvgIpc) is 3.28. The van der Waals surface area contributed by atoms with Gasteiger partial charge in [0.2, 0.25) is 11.8 Å². The van der Waals surface area contributed by atoms with E-state index in [2.05, 4.69) is 24.4 Å². The highest BCUT2D eigenvalue weighted by Crippen LogP contribution is 2.37. The van der Waals surface area contributed by atoms with Gasteiger partial charge in [0.25, 0.3) is 0 Å². The van der Waals surface area contributed by atoms with E-state index in [1.807, 2.05) is 89.2 Å².